The molecule has 0 heterocycles. The van der Waals surface area contributed by atoms with Crippen LogP contribution >= 0.6 is 0 Å². The molecule has 0 bridgehead atoms. The molecular formula is C17H28O2. The van der Waals surface area contributed by atoms with Gasteiger partial charge in [-0.05, 0) is 49.3 Å². The summed E-state index contributed by atoms with van der Waals surface area (Å²) in [5, 5.41) is 9.15. The number of rotatable bonds is 7. The Morgan fingerprint density at radius 2 is 1.68 bits per heavy atom. The quantitative estimate of drug-likeness (QED) is 0.744. The van der Waals surface area contributed by atoms with Gasteiger partial charge in [-0.1, -0.05) is 39.3 Å². The fraction of sp³-hybridized carbons (Fsp3) is 0.647. The van der Waals surface area contributed by atoms with Gasteiger partial charge < -0.3 is 9.84 Å². The van der Waals surface area contributed by atoms with Gasteiger partial charge in [0.1, 0.15) is 5.75 Å². The van der Waals surface area contributed by atoms with Crippen LogP contribution in [-0.2, 0) is 5.41 Å². The normalized spacial score (nSPS) is 13.3. The van der Waals surface area contributed by atoms with Gasteiger partial charge in [-0.25, -0.2) is 0 Å². The average molecular weight is 264 g/mol. The van der Waals surface area contributed by atoms with Gasteiger partial charge in [0.2, 0.25) is 0 Å². The highest BCUT2D eigenvalue weighted by Gasteiger charge is 2.12. The smallest absolute Gasteiger partial charge is 0.119 e. The minimum absolute atomic E-state index is 0.175. The Morgan fingerprint density at radius 1 is 1.05 bits per heavy atom. The minimum Gasteiger partial charge on any atom is -0.494 e. The summed E-state index contributed by atoms with van der Waals surface area (Å²) in [7, 11) is 0. The Labute approximate surface area is 117 Å². The van der Waals surface area contributed by atoms with Crippen LogP contribution < -0.4 is 4.74 Å². The molecule has 0 radical (unpaired) electrons. The molecule has 0 aliphatic rings. The first kappa shape index (κ1) is 16.0. The van der Waals surface area contributed by atoms with Gasteiger partial charge in [-0.3, -0.25) is 0 Å². The van der Waals surface area contributed by atoms with Gasteiger partial charge in [-0.15, -0.1) is 0 Å². The van der Waals surface area contributed by atoms with Crippen molar-refractivity contribution in [1.82, 2.24) is 0 Å². The van der Waals surface area contributed by atoms with Gasteiger partial charge in [0.25, 0.3) is 0 Å². The molecule has 0 saturated carbocycles. The van der Waals surface area contributed by atoms with E-state index in [0.29, 0.717) is 0 Å². The highest BCUT2D eigenvalue weighted by atomic mass is 16.5. The molecule has 0 aliphatic carbocycles. The van der Waals surface area contributed by atoms with Gasteiger partial charge in [-0.2, -0.15) is 0 Å². The summed E-state index contributed by atoms with van der Waals surface area (Å²) in [6.07, 6.45) is 3.95. The fourth-order valence-electron chi connectivity index (χ4n) is 1.96. The third kappa shape index (κ3) is 6.63. The first-order valence-corrected chi connectivity index (χ1v) is 7.31. The maximum absolute atomic E-state index is 9.15. The first-order chi connectivity index (χ1) is 8.89. The molecule has 2 nitrogen and oxygen atoms in total. The lowest BCUT2D eigenvalue weighted by molar-refractivity contribution is 0.179. The van der Waals surface area contributed by atoms with E-state index >= 15 is 0 Å². The van der Waals surface area contributed by atoms with Crippen molar-refractivity contribution in [3.8, 4) is 5.75 Å². The van der Waals surface area contributed by atoms with Crippen LogP contribution in [0.2, 0.25) is 0 Å². The highest BCUT2D eigenvalue weighted by molar-refractivity contribution is 5.31. The molecule has 0 spiro atoms. The number of benzene rings is 1. The standard InChI is InChI=1S/C17H28O2/c1-14(18)8-6-5-7-13-19-16-11-9-15(10-12-16)17(2,3)4/h9-12,14,18H,5-8,13H2,1-4H3. The topological polar surface area (TPSA) is 29.5 Å². The summed E-state index contributed by atoms with van der Waals surface area (Å²) < 4.78 is 5.72. The first-order valence-electron chi connectivity index (χ1n) is 7.31. The van der Waals surface area contributed by atoms with Gasteiger partial charge in [0, 0.05) is 0 Å². The molecule has 0 amide bonds. The SMILES string of the molecule is CC(O)CCCCCOc1ccc(C(C)(C)C)cc1. The second-order valence-corrected chi connectivity index (χ2v) is 6.32. The Kier molecular flexibility index (Phi) is 6.36. The van der Waals surface area contributed by atoms with E-state index in [0.717, 1.165) is 38.0 Å². The van der Waals surface area contributed by atoms with E-state index in [4.69, 9.17) is 9.84 Å². The maximum Gasteiger partial charge on any atom is 0.119 e. The largest absolute Gasteiger partial charge is 0.494 e. The lowest BCUT2D eigenvalue weighted by atomic mass is 9.87. The lowest BCUT2D eigenvalue weighted by Crippen LogP contribution is -2.10. The van der Waals surface area contributed by atoms with Crippen molar-refractivity contribution in [2.75, 3.05) is 6.61 Å². The monoisotopic (exact) mass is 264 g/mol. The van der Waals surface area contributed by atoms with Crippen LogP contribution in [0.15, 0.2) is 24.3 Å². The van der Waals surface area contributed by atoms with E-state index in [1.54, 1.807) is 0 Å². The van der Waals surface area contributed by atoms with Crippen molar-refractivity contribution >= 4 is 0 Å². The van der Waals surface area contributed by atoms with E-state index in [9.17, 15) is 0 Å². The molecule has 1 rings (SSSR count). The molecule has 0 fully saturated rings. The summed E-state index contributed by atoms with van der Waals surface area (Å²) in [6, 6.07) is 8.39. The van der Waals surface area contributed by atoms with Gasteiger partial charge in [0.15, 0.2) is 0 Å². The molecule has 108 valence electrons. The van der Waals surface area contributed by atoms with Crippen molar-refractivity contribution < 1.29 is 9.84 Å². The van der Waals surface area contributed by atoms with Crippen LogP contribution in [0.3, 0.4) is 0 Å². The number of aliphatic hydroxyl groups excluding tert-OH is 1. The molecule has 0 saturated heterocycles. The minimum atomic E-state index is -0.175. The predicted molar refractivity (Wildman–Crippen MR) is 80.8 cm³/mol. The van der Waals surface area contributed by atoms with Gasteiger partial charge in [0.05, 0.1) is 12.7 Å². The van der Waals surface area contributed by atoms with Crippen LogP contribution in [0.25, 0.3) is 0 Å². The van der Waals surface area contributed by atoms with Crippen LogP contribution in [0.5, 0.6) is 5.75 Å². The van der Waals surface area contributed by atoms with E-state index in [-0.39, 0.29) is 11.5 Å². The Bertz CT molecular complexity index is 347. The second kappa shape index (κ2) is 7.54. The number of ether oxygens (including phenoxy) is 1. The Morgan fingerprint density at radius 3 is 2.21 bits per heavy atom. The van der Waals surface area contributed by atoms with Crippen LogP contribution in [0, 0.1) is 0 Å². The number of hydrogen-bond acceptors (Lipinski definition) is 2. The molecule has 1 aromatic rings. The zero-order valence-corrected chi connectivity index (χ0v) is 12.8. The number of unbranched alkanes of at least 4 members (excludes halogenated alkanes) is 2. The number of aliphatic hydroxyl groups is 1. The van der Waals surface area contributed by atoms with E-state index < -0.39 is 0 Å². The Balaban J connectivity index is 2.23. The summed E-state index contributed by atoms with van der Waals surface area (Å²) >= 11 is 0. The van der Waals surface area contributed by atoms with E-state index in [1.165, 1.54) is 5.56 Å². The number of hydrogen-bond donors (Lipinski definition) is 1. The molecule has 19 heavy (non-hydrogen) atoms. The molecule has 1 N–H and O–H groups in total. The molecule has 1 aromatic carbocycles. The van der Waals surface area contributed by atoms with Gasteiger partial charge >= 0.3 is 0 Å². The zero-order chi connectivity index (χ0) is 14.3. The summed E-state index contributed by atoms with van der Waals surface area (Å²) in [5.74, 6) is 0.948. The molecular weight excluding hydrogens is 236 g/mol. The summed E-state index contributed by atoms with van der Waals surface area (Å²) in [6.45, 7) is 9.24. The summed E-state index contributed by atoms with van der Waals surface area (Å²) in [5.41, 5.74) is 1.52. The maximum atomic E-state index is 9.15. The summed E-state index contributed by atoms with van der Waals surface area (Å²) in [4.78, 5) is 0. The van der Waals surface area contributed by atoms with E-state index in [1.807, 2.05) is 6.92 Å². The van der Waals surface area contributed by atoms with Crippen molar-refractivity contribution in [2.45, 2.75) is 64.9 Å². The Hall–Kier alpha value is -1.02. The van der Waals surface area contributed by atoms with Crippen LogP contribution in [0.4, 0.5) is 0 Å². The van der Waals surface area contributed by atoms with Crippen molar-refractivity contribution in [2.24, 2.45) is 0 Å². The lowest BCUT2D eigenvalue weighted by Gasteiger charge is -2.19. The molecule has 0 aromatic heterocycles. The molecule has 2 heteroatoms. The molecule has 1 unspecified atom stereocenters. The third-order valence-electron chi connectivity index (χ3n) is 3.26. The molecule has 1 atom stereocenters. The van der Waals surface area contributed by atoms with Crippen LogP contribution in [-0.4, -0.2) is 17.8 Å². The predicted octanol–water partition coefficient (Wildman–Crippen LogP) is 4.30. The fourth-order valence-corrected chi connectivity index (χ4v) is 1.96. The average Bonchev–Trinajstić information content (AvgIpc) is 2.32. The van der Waals surface area contributed by atoms with Crippen molar-refractivity contribution in [3.63, 3.8) is 0 Å². The third-order valence-corrected chi connectivity index (χ3v) is 3.26. The zero-order valence-electron chi connectivity index (χ0n) is 12.8. The van der Waals surface area contributed by atoms with Crippen LogP contribution in [0.1, 0.15) is 58.9 Å². The second-order valence-electron chi connectivity index (χ2n) is 6.32. The van der Waals surface area contributed by atoms with Crippen molar-refractivity contribution in [1.29, 1.82) is 0 Å². The highest BCUT2D eigenvalue weighted by Crippen LogP contribution is 2.24. The van der Waals surface area contributed by atoms with E-state index in [2.05, 4.69) is 45.0 Å². The van der Waals surface area contributed by atoms with Crippen molar-refractivity contribution in [3.05, 3.63) is 29.8 Å². The molecule has 0 aliphatic heterocycles.